The van der Waals surface area contributed by atoms with E-state index in [0.29, 0.717) is 35.8 Å². The number of hydrogen-bond acceptors (Lipinski definition) is 5. The number of aliphatic hydroxyl groups is 1. The molecule has 0 aliphatic heterocycles. The predicted molar refractivity (Wildman–Crippen MR) is 64.7 cm³/mol. The van der Waals surface area contributed by atoms with Crippen molar-refractivity contribution >= 4 is 0 Å². The molecule has 1 aromatic carbocycles. The summed E-state index contributed by atoms with van der Waals surface area (Å²) in [6.45, 7) is 0.415. The molecule has 0 aliphatic carbocycles. The topological polar surface area (TPSA) is 73.9 Å². The number of hydrogen-bond donors (Lipinski definition) is 2. The normalized spacial score (nSPS) is 12.1. The van der Waals surface area contributed by atoms with E-state index in [1.807, 2.05) is 0 Å². The van der Waals surface area contributed by atoms with Gasteiger partial charge < -0.3 is 25.1 Å². The molecule has 0 fully saturated rings. The van der Waals surface area contributed by atoms with Crippen molar-refractivity contribution in [1.82, 2.24) is 0 Å². The van der Waals surface area contributed by atoms with E-state index < -0.39 is 6.10 Å². The third-order valence-electron chi connectivity index (χ3n) is 2.51. The number of nitrogens with two attached hydrogens (primary N) is 1. The Morgan fingerprint density at radius 3 is 2.00 bits per heavy atom. The molecule has 5 nitrogen and oxygen atoms in total. The third-order valence-corrected chi connectivity index (χ3v) is 2.51. The molecule has 1 aromatic rings. The lowest BCUT2D eigenvalue weighted by atomic mass is 10.1. The minimum Gasteiger partial charge on any atom is -0.493 e. The molecule has 0 spiro atoms. The van der Waals surface area contributed by atoms with Crippen LogP contribution < -0.4 is 19.9 Å². The van der Waals surface area contributed by atoms with Crippen LogP contribution in [0.4, 0.5) is 0 Å². The Morgan fingerprint density at radius 1 is 1.12 bits per heavy atom. The number of rotatable bonds is 6. The first kappa shape index (κ1) is 13.6. The van der Waals surface area contributed by atoms with Crippen LogP contribution in [0.2, 0.25) is 0 Å². The SMILES string of the molecule is COc1cc([C@@H](O)CCN)cc(OC)c1OC. The van der Waals surface area contributed by atoms with Crippen molar-refractivity contribution in [3.63, 3.8) is 0 Å². The fourth-order valence-corrected chi connectivity index (χ4v) is 1.62. The zero-order valence-electron chi connectivity index (χ0n) is 10.4. The summed E-state index contributed by atoms with van der Waals surface area (Å²) in [4.78, 5) is 0. The third kappa shape index (κ3) is 3.01. The number of benzene rings is 1. The Kier molecular flexibility index (Phi) is 5.06. The van der Waals surface area contributed by atoms with Crippen molar-refractivity contribution in [1.29, 1.82) is 0 Å². The molecule has 96 valence electrons. The van der Waals surface area contributed by atoms with Crippen molar-refractivity contribution in [2.24, 2.45) is 5.73 Å². The molecule has 0 saturated heterocycles. The average molecular weight is 241 g/mol. The molecule has 3 N–H and O–H groups in total. The van der Waals surface area contributed by atoms with Crippen molar-refractivity contribution in [3.05, 3.63) is 17.7 Å². The Balaban J connectivity index is 3.17. The van der Waals surface area contributed by atoms with Gasteiger partial charge in [-0.15, -0.1) is 0 Å². The molecule has 0 aliphatic rings. The predicted octanol–water partition coefficient (Wildman–Crippen LogP) is 1.09. The van der Waals surface area contributed by atoms with E-state index >= 15 is 0 Å². The van der Waals surface area contributed by atoms with Gasteiger partial charge in [-0.1, -0.05) is 0 Å². The van der Waals surface area contributed by atoms with Crippen LogP contribution in [0, 0.1) is 0 Å². The summed E-state index contributed by atoms with van der Waals surface area (Å²) in [6.07, 6.45) is -0.146. The zero-order valence-corrected chi connectivity index (χ0v) is 10.4. The maximum atomic E-state index is 9.89. The molecule has 1 atom stereocenters. The molecule has 5 heteroatoms. The van der Waals surface area contributed by atoms with Crippen molar-refractivity contribution in [2.75, 3.05) is 27.9 Å². The van der Waals surface area contributed by atoms with Gasteiger partial charge in [-0.25, -0.2) is 0 Å². The van der Waals surface area contributed by atoms with Gasteiger partial charge in [0.05, 0.1) is 27.4 Å². The largest absolute Gasteiger partial charge is 0.493 e. The molecular formula is C12H19NO4. The highest BCUT2D eigenvalue weighted by Crippen LogP contribution is 2.39. The lowest BCUT2D eigenvalue weighted by molar-refractivity contribution is 0.169. The minimum absolute atomic E-state index is 0.415. The second kappa shape index (κ2) is 6.32. The molecule has 17 heavy (non-hydrogen) atoms. The summed E-state index contributed by atoms with van der Waals surface area (Å²) in [7, 11) is 4.61. The molecular weight excluding hydrogens is 222 g/mol. The van der Waals surface area contributed by atoms with Crippen LogP contribution in [0.15, 0.2) is 12.1 Å². The van der Waals surface area contributed by atoms with Gasteiger partial charge in [0.2, 0.25) is 5.75 Å². The van der Waals surface area contributed by atoms with Crippen molar-refractivity contribution < 1.29 is 19.3 Å². The second-order valence-electron chi connectivity index (χ2n) is 3.55. The van der Waals surface area contributed by atoms with Crippen LogP contribution in [-0.4, -0.2) is 33.0 Å². The van der Waals surface area contributed by atoms with Crippen LogP contribution in [0.5, 0.6) is 17.2 Å². The molecule has 1 rings (SSSR count). The van der Waals surface area contributed by atoms with Crippen LogP contribution in [0.3, 0.4) is 0 Å². The molecule has 0 amide bonds. The Hall–Kier alpha value is -1.46. The highest BCUT2D eigenvalue weighted by Gasteiger charge is 2.16. The highest BCUT2D eigenvalue weighted by molar-refractivity contribution is 5.54. The van der Waals surface area contributed by atoms with Gasteiger partial charge >= 0.3 is 0 Å². The maximum Gasteiger partial charge on any atom is 0.203 e. The number of methoxy groups -OCH3 is 3. The van der Waals surface area contributed by atoms with E-state index in [9.17, 15) is 5.11 Å². The first-order chi connectivity index (χ1) is 8.17. The first-order valence-electron chi connectivity index (χ1n) is 5.36. The molecule has 0 bridgehead atoms. The summed E-state index contributed by atoms with van der Waals surface area (Å²) >= 11 is 0. The molecule has 0 saturated carbocycles. The van der Waals surface area contributed by atoms with Crippen molar-refractivity contribution in [3.8, 4) is 17.2 Å². The van der Waals surface area contributed by atoms with Gasteiger partial charge in [0, 0.05) is 0 Å². The van der Waals surface area contributed by atoms with E-state index in [1.54, 1.807) is 12.1 Å². The molecule has 0 unspecified atom stereocenters. The van der Waals surface area contributed by atoms with E-state index in [1.165, 1.54) is 21.3 Å². The maximum absolute atomic E-state index is 9.89. The van der Waals surface area contributed by atoms with Crippen LogP contribution in [0.1, 0.15) is 18.1 Å². The zero-order chi connectivity index (χ0) is 12.8. The van der Waals surface area contributed by atoms with E-state index in [-0.39, 0.29) is 0 Å². The van der Waals surface area contributed by atoms with E-state index in [2.05, 4.69) is 0 Å². The Bertz CT molecular complexity index is 343. The average Bonchev–Trinajstić information content (AvgIpc) is 2.37. The Labute approximate surface area is 101 Å². The van der Waals surface area contributed by atoms with Crippen LogP contribution >= 0.6 is 0 Å². The second-order valence-corrected chi connectivity index (χ2v) is 3.55. The fourth-order valence-electron chi connectivity index (χ4n) is 1.62. The molecule has 0 radical (unpaired) electrons. The smallest absolute Gasteiger partial charge is 0.203 e. The van der Waals surface area contributed by atoms with E-state index in [0.717, 1.165) is 0 Å². The number of aliphatic hydroxyl groups excluding tert-OH is 1. The van der Waals surface area contributed by atoms with Gasteiger partial charge in [-0.05, 0) is 30.7 Å². The van der Waals surface area contributed by atoms with Crippen molar-refractivity contribution in [2.45, 2.75) is 12.5 Å². The first-order valence-corrected chi connectivity index (χ1v) is 5.36. The van der Waals surface area contributed by atoms with Crippen LogP contribution in [-0.2, 0) is 0 Å². The lowest BCUT2D eigenvalue weighted by Crippen LogP contribution is -2.07. The quantitative estimate of drug-likeness (QED) is 0.780. The summed E-state index contributed by atoms with van der Waals surface area (Å²) in [5.74, 6) is 1.56. The minimum atomic E-state index is -0.631. The molecule has 0 heterocycles. The van der Waals surface area contributed by atoms with Crippen LogP contribution in [0.25, 0.3) is 0 Å². The monoisotopic (exact) mass is 241 g/mol. The lowest BCUT2D eigenvalue weighted by Gasteiger charge is -2.16. The summed E-state index contributed by atoms with van der Waals surface area (Å²) in [5, 5.41) is 9.89. The standard InChI is InChI=1S/C12H19NO4/c1-15-10-6-8(9(14)4-5-13)7-11(16-2)12(10)17-3/h6-7,9,14H,4-5,13H2,1-3H3/t9-/m0/s1. The fraction of sp³-hybridized carbons (Fsp3) is 0.500. The highest BCUT2D eigenvalue weighted by atomic mass is 16.5. The number of ether oxygens (including phenoxy) is 3. The van der Waals surface area contributed by atoms with Gasteiger partial charge in [-0.3, -0.25) is 0 Å². The van der Waals surface area contributed by atoms with E-state index in [4.69, 9.17) is 19.9 Å². The van der Waals surface area contributed by atoms with Gasteiger partial charge in [0.15, 0.2) is 11.5 Å². The summed E-state index contributed by atoms with van der Waals surface area (Å²) in [5.41, 5.74) is 6.12. The molecule has 0 aromatic heterocycles. The Morgan fingerprint density at radius 2 is 1.65 bits per heavy atom. The van der Waals surface area contributed by atoms with Gasteiger partial charge in [-0.2, -0.15) is 0 Å². The van der Waals surface area contributed by atoms with Gasteiger partial charge in [0.1, 0.15) is 0 Å². The summed E-state index contributed by atoms with van der Waals surface area (Å²) < 4.78 is 15.6. The summed E-state index contributed by atoms with van der Waals surface area (Å²) in [6, 6.07) is 3.45. The van der Waals surface area contributed by atoms with Gasteiger partial charge in [0.25, 0.3) is 0 Å².